The van der Waals surface area contributed by atoms with Crippen molar-refractivity contribution in [2.45, 2.75) is 19.0 Å². The third-order valence-electron chi connectivity index (χ3n) is 2.19. The molecule has 0 radical (unpaired) electrons. The summed E-state index contributed by atoms with van der Waals surface area (Å²) in [6, 6.07) is 6.69. The number of azo groups is 1. The molecule has 0 aliphatic carbocycles. The summed E-state index contributed by atoms with van der Waals surface area (Å²) in [5.74, 6) is -0.983. The second-order valence-electron chi connectivity index (χ2n) is 3.46. The lowest BCUT2D eigenvalue weighted by Crippen LogP contribution is -2.32. The van der Waals surface area contributed by atoms with E-state index in [-0.39, 0.29) is 0 Å². The molecule has 1 aromatic carbocycles. The highest BCUT2D eigenvalue weighted by atomic mass is 16.4. The van der Waals surface area contributed by atoms with Crippen molar-refractivity contribution < 1.29 is 9.90 Å². The van der Waals surface area contributed by atoms with Gasteiger partial charge in [-0.15, -0.1) is 0 Å². The minimum absolute atomic E-state index is 0.338. The van der Waals surface area contributed by atoms with Crippen LogP contribution in [0.25, 0.3) is 0 Å². The van der Waals surface area contributed by atoms with Gasteiger partial charge in [-0.1, -0.05) is 24.3 Å². The van der Waals surface area contributed by atoms with Crippen molar-refractivity contribution in [3.63, 3.8) is 0 Å². The molecule has 1 rings (SSSR count). The van der Waals surface area contributed by atoms with Gasteiger partial charge in [0.05, 0.1) is 6.54 Å². The van der Waals surface area contributed by atoms with Crippen LogP contribution in [0.3, 0.4) is 0 Å². The summed E-state index contributed by atoms with van der Waals surface area (Å²) in [7, 11) is 1.63. The maximum absolute atomic E-state index is 10.6. The molecule has 0 heterocycles. The zero-order valence-electron chi connectivity index (χ0n) is 9.13. The Balaban J connectivity index is 2.60. The molecule has 5 heteroatoms. The van der Waals surface area contributed by atoms with Crippen LogP contribution >= 0.6 is 0 Å². The Kier molecular flexibility index (Phi) is 4.60. The quantitative estimate of drug-likeness (QED) is 0.733. The van der Waals surface area contributed by atoms with E-state index in [1.54, 1.807) is 7.05 Å². The standard InChI is InChI=1S/C11H15N3O2/c1-13-14-7-9-4-2-8(3-5-9)6-10(12)11(15)16/h2-5,10H,6-7,12H2,1H3,(H,15,16). The van der Waals surface area contributed by atoms with E-state index in [4.69, 9.17) is 10.8 Å². The predicted molar refractivity (Wildman–Crippen MR) is 60.2 cm³/mol. The minimum atomic E-state index is -0.983. The van der Waals surface area contributed by atoms with E-state index in [1.807, 2.05) is 24.3 Å². The molecule has 16 heavy (non-hydrogen) atoms. The van der Waals surface area contributed by atoms with E-state index in [2.05, 4.69) is 10.2 Å². The van der Waals surface area contributed by atoms with Gasteiger partial charge < -0.3 is 10.8 Å². The molecule has 0 aromatic heterocycles. The van der Waals surface area contributed by atoms with Gasteiger partial charge in [0.25, 0.3) is 0 Å². The van der Waals surface area contributed by atoms with Crippen molar-refractivity contribution in [2.24, 2.45) is 16.0 Å². The maximum Gasteiger partial charge on any atom is 0.320 e. The van der Waals surface area contributed by atoms with Crippen LogP contribution in [0.4, 0.5) is 0 Å². The summed E-state index contributed by atoms with van der Waals surface area (Å²) in [5, 5.41) is 16.2. The first-order chi connectivity index (χ1) is 7.63. The van der Waals surface area contributed by atoms with Crippen molar-refractivity contribution in [3.05, 3.63) is 35.4 Å². The first-order valence-electron chi connectivity index (χ1n) is 4.95. The van der Waals surface area contributed by atoms with Gasteiger partial charge >= 0.3 is 5.97 Å². The van der Waals surface area contributed by atoms with Gasteiger partial charge in [-0.05, 0) is 17.5 Å². The molecular formula is C11H15N3O2. The first kappa shape index (κ1) is 12.3. The Morgan fingerprint density at radius 1 is 1.38 bits per heavy atom. The smallest absolute Gasteiger partial charge is 0.320 e. The molecule has 3 N–H and O–H groups in total. The largest absolute Gasteiger partial charge is 0.480 e. The number of rotatable bonds is 5. The number of benzene rings is 1. The van der Waals surface area contributed by atoms with Gasteiger partial charge in [-0.3, -0.25) is 4.79 Å². The van der Waals surface area contributed by atoms with E-state index < -0.39 is 12.0 Å². The lowest BCUT2D eigenvalue weighted by molar-refractivity contribution is -0.138. The number of nitrogens with two attached hydrogens (primary N) is 1. The number of nitrogens with zero attached hydrogens (tertiary/aromatic N) is 2. The number of carbonyl (C=O) groups is 1. The Hall–Kier alpha value is -1.75. The summed E-state index contributed by atoms with van der Waals surface area (Å²) < 4.78 is 0. The number of hydrogen-bond donors (Lipinski definition) is 2. The van der Waals surface area contributed by atoms with E-state index in [9.17, 15) is 4.79 Å². The molecule has 86 valence electrons. The molecule has 1 aromatic rings. The van der Waals surface area contributed by atoms with Crippen LogP contribution in [0.2, 0.25) is 0 Å². The maximum atomic E-state index is 10.6. The number of carboxylic acid groups (broad SMARTS) is 1. The average molecular weight is 221 g/mol. The van der Waals surface area contributed by atoms with Crippen LogP contribution < -0.4 is 5.73 Å². The van der Waals surface area contributed by atoms with Crippen molar-refractivity contribution in [1.29, 1.82) is 0 Å². The highest BCUT2D eigenvalue weighted by molar-refractivity contribution is 5.73. The molecule has 0 fully saturated rings. The summed E-state index contributed by atoms with van der Waals surface area (Å²) >= 11 is 0. The Morgan fingerprint density at radius 3 is 2.44 bits per heavy atom. The topological polar surface area (TPSA) is 88.0 Å². The lowest BCUT2D eigenvalue weighted by atomic mass is 10.0. The average Bonchev–Trinajstić information content (AvgIpc) is 2.28. The molecule has 0 saturated heterocycles. The van der Waals surface area contributed by atoms with Gasteiger partial charge in [0.1, 0.15) is 6.04 Å². The Morgan fingerprint density at radius 2 is 1.94 bits per heavy atom. The first-order valence-corrected chi connectivity index (χ1v) is 4.95. The van der Waals surface area contributed by atoms with Crippen molar-refractivity contribution in [3.8, 4) is 0 Å². The van der Waals surface area contributed by atoms with E-state index >= 15 is 0 Å². The lowest BCUT2D eigenvalue weighted by Gasteiger charge is -2.06. The molecular weight excluding hydrogens is 206 g/mol. The fourth-order valence-electron chi connectivity index (χ4n) is 1.27. The third-order valence-corrected chi connectivity index (χ3v) is 2.19. The number of aliphatic carboxylic acids is 1. The van der Waals surface area contributed by atoms with Gasteiger partial charge in [-0.25, -0.2) is 0 Å². The fourth-order valence-corrected chi connectivity index (χ4v) is 1.27. The molecule has 0 aliphatic rings. The summed E-state index contributed by atoms with van der Waals surface area (Å²) in [6.07, 6.45) is 0.338. The number of carboxylic acids is 1. The summed E-state index contributed by atoms with van der Waals surface area (Å²) in [6.45, 7) is 0.543. The van der Waals surface area contributed by atoms with Crippen LogP contribution in [0.1, 0.15) is 11.1 Å². The van der Waals surface area contributed by atoms with Gasteiger partial charge in [-0.2, -0.15) is 10.2 Å². The molecule has 0 bridgehead atoms. The number of hydrogen-bond acceptors (Lipinski definition) is 4. The normalized spacial score (nSPS) is 12.9. The SMILES string of the molecule is CN=NCc1ccc(CC(N)C(=O)O)cc1. The molecule has 1 unspecified atom stereocenters. The molecule has 0 aliphatic heterocycles. The van der Waals surface area contributed by atoms with Gasteiger partial charge in [0.2, 0.25) is 0 Å². The molecule has 0 saturated carbocycles. The summed E-state index contributed by atoms with van der Waals surface area (Å²) in [4.78, 5) is 10.6. The van der Waals surface area contributed by atoms with E-state index in [1.165, 1.54) is 0 Å². The van der Waals surface area contributed by atoms with Crippen molar-refractivity contribution >= 4 is 5.97 Å². The fraction of sp³-hybridized carbons (Fsp3) is 0.364. The van der Waals surface area contributed by atoms with E-state index in [0.29, 0.717) is 13.0 Å². The molecule has 0 spiro atoms. The van der Waals surface area contributed by atoms with Gasteiger partial charge in [0, 0.05) is 7.05 Å². The van der Waals surface area contributed by atoms with Crippen LogP contribution in [0.5, 0.6) is 0 Å². The molecule has 1 atom stereocenters. The van der Waals surface area contributed by atoms with Crippen LogP contribution in [0.15, 0.2) is 34.5 Å². The van der Waals surface area contributed by atoms with Crippen LogP contribution in [-0.2, 0) is 17.8 Å². The second-order valence-corrected chi connectivity index (χ2v) is 3.46. The van der Waals surface area contributed by atoms with Crippen molar-refractivity contribution in [1.82, 2.24) is 0 Å². The van der Waals surface area contributed by atoms with Crippen LogP contribution in [0, 0.1) is 0 Å². The Labute approximate surface area is 94.0 Å². The zero-order chi connectivity index (χ0) is 12.0. The van der Waals surface area contributed by atoms with Crippen LogP contribution in [-0.4, -0.2) is 24.2 Å². The molecule has 0 amide bonds. The Bertz CT molecular complexity index is 373. The van der Waals surface area contributed by atoms with Crippen molar-refractivity contribution in [2.75, 3.05) is 7.05 Å². The summed E-state index contributed by atoms with van der Waals surface area (Å²) in [5.41, 5.74) is 7.38. The monoisotopic (exact) mass is 221 g/mol. The van der Waals surface area contributed by atoms with E-state index in [0.717, 1.165) is 11.1 Å². The third kappa shape index (κ3) is 3.78. The zero-order valence-corrected chi connectivity index (χ0v) is 9.13. The predicted octanol–water partition coefficient (Wildman–Crippen LogP) is 1.22. The molecule has 5 nitrogen and oxygen atoms in total. The highest BCUT2D eigenvalue weighted by Gasteiger charge is 2.11. The minimum Gasteiger partial charge on any atom is -0.480 e. The second kappa shape index (κ2) is 5.97. The van der Waals surface area contributed by atoms with Gasteiger partial charge in [0.15, 0.2) is 0 Å². The highest BCUT2D eigenvalue weighted by Crippen LogP contribution is 2.07.